The summed E-state index contributed by atoms with van der Waals surface area (Å²) in [5, 5.41) is 0.235. The molecule has 1 aliphatic rings. The highest BCUT2D eigenvalue weighted by atomic mass is 32.2. The number of fused-ring (bicyclic) bond motifs is 1. The van der Waals surface area contributed by atoms with Crippen molar-refractivity contribution in [2.75, 3.05) is 0 Å². The first-order valence-electron chi connectivity index (χ1n) is 7.36. The highest BCUT2D eigenvalue weighted by Crippen LogP contribution is 2.46. The van der Waals surface area contributed by atoms with Crippen LogP contribution in [0.2, 0.25) is 0 Å². The van der Waals surface area contributed by atoms with Crippen LogP contribution in [0.25, 0.3) is 0 Å². The van der Waals surface area contributed by atoms with Gasteiger partial charge in [-0.15, -0.1) is 11.8 Å². The van der Waals surface area contributed by atoms with Crippen molar-refractivity contribution in [3.05, 3.63) is 96.1 Å². The minimum absolute atomic E-state index is 0.235. The number of rotatable bonds is 2. The molecule has 106 valence electrons. The molecule has 0 radical (unpaired) electrons. The Hall–Kier alpha value is -2.32. The fraction of sp³-hybridized carbons (Fsp3) is 0.0500. The van der Waals surface area contributed by atoms with Crippen LogP contribution in [0.1, 0.15) is 16.4 Å². The maximum Gasteiger partial charge on any atom is 0.0773 e. The van der Waals surface area contributed by atoms with E-state index in [1.165, 1.54) is 16.0 Å². The molecule has 1 aliphatic heterocycles. The van der Waals surface area contributed by atoms with Crippen molar-refractivity contribution in [3.8, 4) is 0 Å². The first kappa shape index (κ1) is 13.4. The van der Waals surface area contributed by atoms with Gasteiger partial charge in [-0.3, -0.25) is 4.99 Å². The molecule has 0 saturated heterocycles. The summed E-state index contributed by atoms with van der Waals surface area (Å²) in [6, 6.07) is 29.5. The van der Waals surface area contributed by atoms with Gasteiger partial charge in [0, 0.05) is 4.90 Å². The molecular weight excluding hydrogens is 286 g/mol. The second kappa shape index (κ2) is 5.82. The zero-order chi connectivity index (χ0) is 14.8. The van der Waals surface area contributed by atoms with Crippen molar-refractivity contribution in [3.63, 3.8) is 0 Å². The second-order valence-corrected chi connectivity index (χ2v) is 6.39. The van der Waals surface area contributed by atoms with E-state index >= 15 is 0 Å². The molecule has 0 N–H and O–H groups in total. The van der Waals surface area contributed by atoms with Crippen LogP contribution in [0.15, 0.2) is 94.8 Å². The predicted octanol–water partition coefficient (Wildman–Crippen LogP) is 5.65. The van der Waals surface area contributed by atoms with E-state index in [2.05, 4.69) is 72.8 Å². The Labute approximate surface area is 134 Å². The Bertz CT molecular complexity index is 809. The van der Waals surface area contributed by atoms with E-state index in [1.807, 2.05) is 23.9 Å². The number of hydrogen-bond donors (Lipinski definition) is 0. The third-order valence-electron chi connectivity index (χ3n) is 3.77. The van der Waals surface area contributed by atoms with E-state index in [4.69, 9.17) is 4.99 Å². The number of hydrogen-bond acceptors (Lipinski definition) is 2. The van der Waals surface area contributed by atoms with E-state index in [-0.39, 0.29) is 5.25 Å². The van der Waals surface area contributed by atoms with Gasteiger partial charge in [0.1, 0.15) is 0 Å². The van der Waals surface area contributed by atoms with Crippen LogP contribution in [-0.4, -0.2) is 5.71 Å². The summed E-state index contributed by atoms with van der Waals surface area (Å²) in [5.74, 6) is 0. The molecule has 2 heteroatoms. The Morgan fingerprint density at radius 2 is 1.32 bits per heavy atom. The van der Waals surface area contributed by atoms with Gasteiger partial charge in [-0.25, -0.2) is 0 Å². The van der Waals surface area contributed by atoms with Gasteiger partial charge in [-0.2, -0.15) is 0 Å². The van der Waals surface area contributed by atoms with E-state index in [9.17, 15) is 0 Å². The zero-order valence-electron chi connectivity index (χ0n) is 12.0. The molecule has 0 fully saturated rings. The molecule has 1 atom stereocenters. The van der Waals surface area contributed by atoms with Crippen LogP contribution in [-0.2, 0) is 0 Å². The number of nitrogens with zero attached hydrogens (tertiary/aromatic N) is 1. The maximum absolute atomic E-state index is 4.97. The Morgan fingerprint density at radius 3 is 2.09 bits per heavy atom. The smallest absolute Gasteiger partial charge is 0.0773 e. The topological polar surface area (TPSA) is 12.4 Å². The van der Waals surface area contributed by atoms with Crippen LogP contribution in [0.5, 0.6) is 0 Å². The van der Waals surface area contributed by atoms with Crippen molar-refractivity contribution in [2.45, 2.75) is 10.1 Å². The first-order chi connectivity index (χ1) is 10.9. The zero-order valence-corrected chi connectivity index (χ0v) is 12.8. The fourth-order valence-electron chi connectivity index (χ4n) is 2.70. The Morgan fingerprint density at radius 1 is 0.682 bits per heavy atom. The lowest BCUT2D eigenvalue weighted by Crippen LogP contribution is -2.13. The third-order valence-corrected chi connectivity index (χ3v) is 5.10. The van der Waals surface area contributed by atoms with Gasteiger partial charge in [0.05, 0.1) is 16.6 Å². The highest BCUT2D eigenvalue weighted by molar-refractivity contribution is 8.00. The van der Waals surface area contributed by atoms with Crippen LogP contribution >= 0.6 is 11.8 Å². The van der Waals surface area contributed by atoms with Gasteiger partial charge in [0.2, 0.25) is 0 Å². The monoisotopic (exact) mass is 301 g/mol. The van der Waals surface area contributed by atoms with Crippen molar-refractivity contribution >= 4 is 23.2 Å². The van der Waals surface area contributed by atoms with E-state index in [1.54, 1.807) is 0 Å². The first-order valence-corrected chi connectivity index (χ1v) is 8.24. The quantitative estimate of drug-likeness (QED) is 0.595. The molecule has 0 bridgehead atoms. The van der Waals surface area contributed by atoms with Crippen molar-refractivity contribution in [1.82, 2.24) is 0 Å². The number of aliphatic imine (C=N–C) groups is 1. The van der Waals surface area contributed by atoms with Crippen molar-refractivity contribution in [1.29, 1.82) is 0 Å². The van der Waals surface area contributed by atoms with Gasteiger partial charge in [0.25, 0.3) is 0 Å². The minimum atomic E-state index is 0.235. The van der Waals surface area contributed by atoms with Gasteiger partial charge >= 0.3 is 0 Å². The average molecular weight is 301 g/mol. The van der Waals surface area contributed by atoms with Crippen molar-refractivity contribution in [2.24, 2.45) is 4.99 Å². The normalized spacial score (nSPS) is 16.7. The Kier molecular flexibility index (Phi) is 3.53. The molecular formula is C20H15NS. The van der Waals surface area contributed by atoms with Gasteiger partial charge in [-0.05, 0) is 23.3 Å². The molecule has 1 unspecified atom stereocenters. The lowest BCUT2D eigenvalue weighted by Gasteiger charge is -2.25. The molecule has 0 spiro atoms. The number of benzene rings is 3. The third kappa shape index (κ3) is 2.46. The SMILES string of the molecule is c1ccc(C2=Nc3ccccc3SC2c2ccccc2)cc1. The summed E-state index contributed by atoms with van der Waals surface area (Å²) < 4.78 is 0. The molecule has 0 aromatic heterocycles. The number of para-hydroxylation sites is 1. The standard InChI is InChI=1S/C20H15NS/c1-3-9-15(10-4-1)19-20(16-11-5-2-6-12-16)22-18-14-8-7-13-17(18)21-19/h1-14,20H. The van der Waals surface area contributed by atoms with Crippen LogP contribution in [0.3, 0.4) is 0 Å². The van der Waals surface area contributed by atoms with Crippen LogP contribution < -0.4 is 0 Å². The molecule has 0 aliphatic carbocycles. The summed E-state index contributed by atoms with van der Waals surface area (Å²) in [6.45, 7) is 0. The summed E-state index contributed by atoms with van der Waals surface area (Å²) in [7, 11) is 0. The second-order valence-electron chi connectivity index (χ2n) is 5.24. The summed E-state index contributed by atoms with van der Waals surface area (Å²) in [4.78, 5) is 6.22. The minimum Gasteiger partial charge on any atom is -0.250 e. The Balaban J connectivity index is 1.87. The highest BCUT2D eigenvalue weighted by Gasteiger charge is 2.26. The summed E-state index contributed by atoms with van der Waals surface area (Å²) in [6.07, 6.45) is 0. The van der Waals surface area contributed by atoms with Gasteiger partial charge in [-0.1, -0.05) is 72.8 Å². The molecule has 1 nitrogen and oxygen atoms in total. The lowest BCUT2D eigenvalue weighted by molar-refractivity contribution is 1.21. The molecule has 4 rings (SSSR count). The molecule has 1 heterocycles. The van der Waals surface area contributed by atoms with Crippen LogP contribution in [0, 0.1) is 0 Å². The summed E-state index contributed by atoms with van der Waals surface area (Å²) >= 11 is 1.88. The average Bonchev–Trinajstić information content (AvgIpc) is 2.62. The van der Waals surface area contributed by atoms with E-state index < -0.39 is 0 Å². The van der Waals surface area contributed by atoms with Crippen LogP contribution in [0.4, 0.5) is 5.69 Å². The maximum atomic E-state index is 4.97. The molecule has 0 amide bonds. The molecule has 0 saturated carbocycles. The van der Waals surface area contributed by atoms with E-state index in [0.29, 0.717) is 0 Å². The number of thioether (sulfide) groups is 1. The fourth-order valence-corrected chi connectivity index (χ4v) is 3.94. The molecule has 3 aromatic rings. The lowest BCUT2D eigenvalue weighted by atomic mass is 10.0. The molecule has 3 aromatic carbocycles. The largest absolute Gasteiger partial charge is 0.250 e. The van der Waals surface area contributed by atoms with Crippen molar-refractivity contribution < 1.29 is 0 Å². The van der Waals surface area contributed by atoms with E-state index in [0.717, 1.165) is 11.4 Å². The predicted molar refractivity (Wildman–Crippen MR) is 94.1 cm³/mol. The molecule has 22 heavy (non-hydrogen) atoms. The van der Waals surface area contributed by atoms with Gasteiger partial charge < -0.3 is 0 Å². The summed E-state index contributed by atoms with van der Waals surface area (Å²) in [5.41, 5.74) is 4.69. The van der Waals surface area contributed by atoms with Gasteiger partial charge in [0.15, 0.2) is 0 Å².